The van der Waals surface area contributed by atoms with Gasteiger partial charge in [0.05, 0.1) is 0 Å². The molecule has 4 fully saturated rings. The molecule has 0 spiro atoms. The Morgan fingerprint density at radius 1 is 1.05 bits per heavy atom. The fourth-order valence-electron chi connectivity index (χ4n) is 5.81. The molecule has 0 unspecified atom stereocenters. The normalized spacial score (nSPS) is 39.7. The quantitative estimate of drug-likeness (QED) is 0.782. The molecule has 4 bridgehead atoms. The van der Waals surface area contributed by atoms with E-state index in [1.54, 1.807) is 0 Å². The molecule has 0 radical (unpaired) electrons. The van der Waals surface area contributed by atoms with Crippen LogP contribution in [0.5, 0.6) is 0 Å². The molecule has 19 heavy (non-hydrogen) atoms. The summed E-state index contributed by atoms with van der Waals surface area (Å²) in [4.78, 5) is 0. The summed E-state index contributed by atoms with van der Waals surface area (Å²) in [5.74, 6) is 3.15. The van der Waals surface area contributed by atoms with E-state index < -0.39 is 0 Å². The lowest BCUT2D eigenvalue weighted by Gasteiger charge is -2.57. The molecule has 4 aliphatic rings. The number of hydrogen-bond donors (Lipinski definition) is 1. The van der Waals surface area contributed by atoms with Gasteiger partial charge in [0, 0.05) is 5.69 Å². The molecule has 1 heteroatoms. The van der Waals surface area contributed by atoms with E-state index in [-0.39, 0.29) is 0 Å². The lowest BCUT2D eigenvalue weighted by Crippen LogP contribution is -2.47. The zero-order valence-corrected chi connectivity index (χ0v) is 12.0. The summed E-state index contributed by atoms with van der Waals surface area (Å²) in [6.45, 7) is 2.20. The van der Waals surface area contributed by atoms with Crippen LogP contribution < -0.4 is 5.73 Å². The smallest absolute Gasteiger partial charge is 0.0346 e. The minimum Gasteiger partial charge on any atom is -0.399 e. The van der Waals surface area contributed by atoms with Crippen LogP contribution in [0.2, 0.25) is 0 Å². The fourth-order valence-corrected chi connectivity index (χ4v) is 5.81. The van der Waals surface area contributed by atoms with Gasteiger partial charge in [0.15, 0.2) is 0 Å². The SMILES string of the molecule is Cc1c(N)cccc1CC12CC3CC(CC(C3)C1)C2. The van der Waals surface area contributed by atoms with Gasteiger partial charge < -0.3 is 5.73 Å². The fraction of sp³-hybridized carbons (Fsp3) is 0.667. The molecule has 0 saturated heterocycles. The molecule has 2 N–H and O–H groups in total. The average Bonchev–Trinajstić information content (AvgIpc) is 2.33. The maximum Gasteiger partial charge on any atom is 0.0346 e. The van der Waals surface area contributed by atoms with Gasteiger partial charge in [0.1, 0.15) is 0 Å². The molecule has 0 atom stereocenters. The molecule has 4 saturated carbocycles. The number of anilines is 1. The van der Waals surface area contributed by atoms with Gasteiger partial charge in [-0.15, -0.1) is 0 Å². The first-order valence-electron chi connectivity index (χ1n) is 7.97. The predicted octanol–water partition coefficient (Wildman–Crippen LogP) is 4.34. The Morgan fingerprint density at radius 2 is 1.63 bits per heavy atom. The predicted molar refractivity (Wildman–Crippen MR) is 79.9 cm³/mol. The van der Waals surface area contributed by atoms with Gasteiger partial charge in [-0.25, -0.2) is 0 Å². The first-order valence-corrected chi connectivity index (χ1v) is 7.97. The Morgan fingerprint density at radius 3 is 2.21 bits per heavy atom. The highest BCUT2D eigenvalue weighted by Crippen LogP contribution is 2.61. The molecule has 5 rings (SSSR count). The molecule has 0 aromatic heterocycles. The van der Waals surface area contributed by atoms with Gasteiger partial charge in [-0.2, -0.15) is 0 Å². The Hall–Kier alpha value is -0.980. The Balaban J connectivity index is 1.64. The Bertz CT molecular complexity index is 467. The standard InChI is InChI=1S/C18H25N/c1-12-16(3-2-4-17(12)19)11-18-8-13-5-14(9-18)7-15(6-13)10-18/h2-4,13-15H,5-11,19H2,1H3. The lowest BCUT2D eigenvalue weighted by atomic mass is 9.48. The third-order valence-corrected chi connectivity index (χ3v) is 6.22. The Kier molecular flexibility index (Phi) is 2.49. The van der Waals surface area contributed by atoms with Crippen molar-refractivity contribution < 1.29 is 0 Å². The van der Waals surface area contributed by atoms with Crippen molar-refractivity contribution in [2.75, 3.05) is 5.73 Å². The van der Waals surface area contributed by atoms with Crippen molar-refractivity contribution >= 4 is 5.69 Å². The van der Waals surface area contributed by atoms with Crippen molar-refractivity contribution in [2.24, 2.45) is 23.2 Å². The summed E-state index contributed by atoms with van der Waals surface area (Å²) in [6.07, 6.45) is 10.4. The number of benzene rings is 1. The molecule has 102 valence electrons. The van der Waals surface area contributed by atoms with Crippen molar-refractivity contribution in [3.05, 3.63) is 29.3 Å². The van der Waals surface area contributed by atoms with E-state index in [2.05, 4.69) is 19.1 Å². The number of hydrogen-bond acceptors (Lipinski definition) is 1. The van der Waals surface area contributed by atoms with Gasteiger partial charge in [0.25, 0.3) is 0 Å². The molecule has 1 nitrogen and oxygen atoms in total. The van der Waals surface area contributed by atoms with Crippen LogP contribution in [0.25, 0.3) is 0 Å². The second kappa shape index (κ2) is 4.01. The lowest BCUT2D eigenvalue weighted by molar-refractivity contribution is -0.0522. The molecule has 0 aliphatic heterocycles. The average molecular weight is 255 g/mol. The van der Waals surface area contributed by atoms with E-state index in [1.807, 2.05) is 6.07 Å². The minimum atomic E-state index is 0.632. The highest BCUT2D eigenvalue weighted by molar-refractivity contribution is 5.50. The largest absolute Gasteiger partial charge is 0.399 e. The van der Waals surface area contributed by atoms with Crippen molar-refractivity contribution in [3.8, 4) is 0 Å². The molecule has 1 aromatic rings. The van der Waals surface area contributed by atoms with Gasteiger partial charge in [0.2, 0.25) is 0 Å². The van der Waals surface area contributed by atoms with E-state index in [0.29, 0.717) is 5.41 Å². The number of nitrogens with two attached hydrogens (primary N) is 1. The second-order valence-electron chi connectivity index (χ2n) is 7.73. The maximum atomic E-state index is 6.09. The third-order valence-electron chi connectivity index (χ3n) is 6.22. The summed E-state index contributed by atoms with van der Waals surface area (Å²) in [7, 11) is 0. The van der Waals surface area contributed by atoms with Crippen LogP contribution in [0.15, 0.2) is 18.2 Å². The summed E-state index contributed by atoms with van der Waals surface area (Å²) in [6, 6.07) is 6.49. The van der Waals surface area contributed by atoms with Crippen LogP contribution in [0.3, 0.4) is 0 Å². The third kappa shape index (κ3) is 1.89. The van der Waals surface area contributed by atoms with Crippen molar-refractivity contribution in [2.45, 2.75) is 51.9 Å². The van der Waals surface area contributed by atoms with Crippen LogP contribution in [-0.2, 0) is 6.42 Å². The minimum absolute atomic E-state index is 0.632. The van der Waals surface area contributed by atoms with Crippen molar-refractivity contribution in [1.29, 1.82) is 0 Å². The first-order chi connectivity index (χ1) is 9.13. The van der Waals surface area contributed by atoms with Crippen LogP contribution in [-0.4, -0.2) is 0 Å². The van der Waals surface area contributed by atoms with Gasteiger partial charge >= 0.3 is 0 Å². The zero-order valence-electron chi connectivity index (χ0n) is 12.0. The van der Waals surface area contributed by atoms with Crippen molar-refractivity contribution in [1.82, 2.24) is 0 Å². The summed E-state index contributed by atoms with van der Waals surface area (Å²) < 4.78 is 0. The molecular weight excluding hydrogens is 230 g/mol. The molecule has 0 amide bonds. The second-order valence-corrected chi connectivity index (χ2v) is 7.73. The monoisotopic (exact) mass is 255 g/mol. The van der Waals surface area contributed by atoms with E-state index in [0.717, 1.165) is 23.4 Å². The van der Waals surface area contributed by atoms with Gasteiger partial charge in [-0.05, 0) is 92.2 Å². The van der Waals surface area contributed by atoms with E-state index >= 15 is 0 Å². The van der Waals surface area contributed by atoms with Crippen LogP contribution >= 0.6 is 0 Å². The number of nitrogen functional groups attached to an aromatic ring is 1. The van der Waals surface area contributed by atoms with E-state index in [1.165, 1.54) is 56.1 Å². The highest BCUT2D eigenvalue weighted by Gasteiger charge is 2.50. The number of rotatable bonds is 2. The van der Waals surface area contributed by atoms with E-state index in [9.17, 15) is 0 Å². The topological polar surface area (TPSA) is 26.0 Å². The van der Waals surface area contributed by atoms with E-state index in [4.69, 9.17) is 5.73 Å². The molecule has 4 aliphatic carbocycles. The van der Waals surface area contributed by atoms with Crippen LogP contribution in [0.1, 0.15) is 49.7 Å². The molecule has 1 aromatic carbocycles. The van der Waals surface area contributed by atoms with Gasteiger partial charge in [-0.3, -0.25) is 0 Å². The highest BCUT2D eigenvalue weighted by atomic mass is 14.6. The zero-order chi connectivity index (χ0) is 13.0. The van der Waals surface area contributed by atoms with Gasteiger partial charge in [-0.1, -0.05) is 12.1 Å². The summed E-state index contributed by atoms with van der Waals surface area (Å²) in [5, 5.41) is 0. The Labute approximate surface area is 116 Å². The van der Waals surface area contributed by atoms with Crippen LogP contribution in [0, 0.1) is 30.1 Å². The maximum absolute atomic E-state index is 6.09. The molecular formula is C18H25N. The molecule has 0 heterocycles. The summed E-state index contributed by atoms with van der Waals surface area (Å²) >= 11 is 0. The van der Waals surface area contributed by atoms with Crippen molar-refractivity contribution in [3.63, 3.8) is 0 Å². The first kappa shape index (κ1) is 11.8. The summed E-state index contributed by atoms with van der Waals surface area (Å²) in [5.41, 5.74) is 10.5. The van der Waals surface area contributed by atoms with Crippen LogP contribution in [0.4, 0.5) is 5.69 Å².